The minimum atomic E-state index is -0.389. The van der Waals surface area contributed by atoms with Crippen molar-refractivity contribution < 1.29 is 9.59 Å². The number of likely N-dealkylation sites (N-methyl/N-ethyl adjacent to an activating group) is 1. The molecule has 2 aromatic rings. The number of amides is 3. The van der Waals surface area contributed by atoms with E-state index in [0.29, 0.717) is 15.7 Å². The van der Waals surface area contributed by atoms with Crippen molar-refractivity contribution >= 4 is 40.8 Å². The molecule has 5 nitrogen and oxygen atoms in total. The monoisotopic (exact) mass is 389 g/mol. The van der Waals surface area contributed by atoms with Crippen LogP contribution in [0.5, 0.6) is 0 Å². The molecule has 1 saturated heterocycles. The SMILES string of the molecule is CN1Cc2c(Cl)cc(Cl)cc2[C@H](c2cccc(N3C(=O)CNC3=O)c2)C1. The highest BCUT2D eigenvalue weighted by molar-refractivity contribution is 6.35. The van der Waals surface area contributed by atoms with Crippen LogP contribution in [0.1, 0.15) is 22.6 Å². The number of halogens is 2. The minimum Gasteiger partial charge on any atom is -0.328 e. The van der Waals surface area contributed by atoms with Crippen molar-refractivity contribution in [3.05, 3.63) is 63.1 Å². The Morgan fingerprint density at radius 1 is 1.15 bits per heavy atom. The Balaban J connectivity index is 1.78. The van der Waals surface area contributed by atoms with Gasteiger partial charge < -0.3 is 10.2 Å². The molecule has 134 valence electrons. The third kappa shape index (κ3) is 2.96. The second-order valence-electron chi connectivity index (χ2n) is 6.69. The smallest absolute Gasteiger partial charge is 0.328 e. The fourth-order valence-corrected chi connectivity index (χ4v) is 4.26. The number of hydrogen-bond donors (Lipinski definition) is 1. The number of rotatable bonds is 2. The standard InChI is InChI=1S/C19H17Cl2N3O2/c1-23-9-15(14-6-12(20)7-17(21)16(14)10-23)11-3-2-4-13(5-11)24-18(25)8-22-19(24)26/h2-7,15H,8-10H2,1H3,(H,22,26)/t15-/m0/s1. The van der Waals surface area contributed by atoms with Gasteiger partial charge >= 0.3 is 6.03 Å². The molecule has 3 amide bonds. The zero-order chi connectivity index (χ0) is 18.4. The van der Waals surface area contributed by atoms with Crippen LogP contribution < -0.4 is 10.2 Å². The lowest BCUT2D eigenvalue weighted by Crippen LogP contribution is -2.32. The van der Waals surface area contributed by atoms with Gasteiger partial charge in [0.2, 0.25) is 0 Å². The second-order valence-corrected chi connectivity index (χ2v) is 7.53. The molecular formula is C19H17Cl2N3O2. The average Bonchev–Trinajstić information content (AvgIpc) is 2.94. The van der Waals surface area contributed by atoms with Crippen LogP contribution in [0.3, 0.4) is 0 Å². The van der Waals surface area contributed by atoms with Crippen LogP contribution in [0.25, 0.3) is 0 Å². The lowest BCUT2D eigenvalue weighted by molar-refractivity contribution is -0.115. The summed E-state index contributed by atoms with van der Waals surface area (Å²) in [6.07, 6.45) is 0. The molecule has 0 radical (unpaired) electrons. The highest BCUT2D eigenvalue weighted by Crippen LogP contribution is 2.39. The molecule has 1 N–H and O–H groups in total. The van der Waals surface area contributed by atoms with Gasteiger partial charge in [0.25, 0.3) is 5.91 Å². The fourth-order valence-electron chi connectivity index (χ4n) is 3.70. The molecule has 4 rings (SSSR count). The summed E-state index contributed by atoms with van der Waals surface area (Å²) in [6, 6.07) is 10.9. The summed E-state index contributed by atoms with van der Waals surface area (Å²) in [6.45, 7) is 1.59. The van der Waals surface area contributed by atoms with E-state index in [1.54, 1.807) is 12.1 Å². The number of anilines is 1. The molecule has 26 heavy (non-hydrogen) atoms. The van der Waals surface area contributed by atoms with Crippen LogP contribution in [-0.4, -0.2) is 37.0 Å². The van der Waals surface area contributed by atoms with Gasteiger partial charge in [-0.25, -0.2) is 9.69 Å². The van der Waals surface area contributed by atoms with Crippen molar-refractivity contribution in [3.63, 3.8) is 0 Å². The number of benzene rings is 2. The molecule has 1 atom stereocenters. The lowest BCUT2D eigenvalue weighted by atomic mass is 9.84. The first-order valence-electron chi connectivity index (χ1n) is 8.31. The van der Waals surface area contributed by atoms with Crippen LogP contribution in [-0.2, 0) is 11.3 Å². The van der Waals surface area contributed by atoms with E-state index in [1.165, 1.54) is 4.90 Å². The Morgan fingerprint density at radius 2 is 1.96 bits per heavy atom. The summed E-state index contributed by atoms with van der Waals surface area (Å²) >= 11 is 12.7. The molecule has 0 bridgehead atoms. The number of hydrogen-bond acceptors (Lipinski definition) is 3. The number of nitrogens with zero attached hydrogens (tertiary/aromatic N) is 2. The molecule has 2 aromatic carbocycles. The maximum atomic E-state index is 12.0. The molecule has 2 heterocycles. The highest BCUT2D eigenvalue weighted by atomic mass is 35.5. The Labute approximate surface area is 161 Å². The predicted octanol–water partition coefficient (Wildman–Crippen LogP) is 3.63. The fraction of sp³-hybridized carbons (Fsp3) is 0.263. The summed E-state index contributed by atoms with van der Waals surface area (Å²) in [5, 5.41) is 3.82. The van der Waals surface area contributed by atoms with E-state index < -0.39 is 0 Å². The topological polar surface area (TPSA) is 52.6 Å². The van der Waals surface area contributed by atoms with Gasteiger partial charge in [-0.1, -0.05) is 35.3 Å². The van der Waals surface area contributed by atoms with Crippen molar-refractivity contribution in [1.29, 1.82) is 0 Å². The van der Waals surface area contributed by atoms with Gasteiger partial charge in [0.05, 0.1) is 12.2 Å². The van der Waals surface area contributed by atoms with E-state index in [2.05, 4.69) is 10.2 Å². The van der Waals surface area contributed by atoms with Crippen LogP contribution in [0, 0.1) is 0 Å². The molecule has 0 unspecified atom stereocenters. The van der Waals surface area contributed by atoms with E-state index >= 15 is 0 Å². The first-order chi connectivity index (χ1) is 12.4. The third-order valence-corrected chi connectivity index (χ3v) is 5.42. The summed E-state index contributed by atoms with van der Waals surface area (Å²) in [5.41, 5.74) is 3.75. The molecule has 0 saturated carbocycles. The van der Waals surface area contributed by atoms with Gasteiger partial charge in [0.15, 0.2) is 0 Å². The van der Waals surface area contributed by atoms with E-state index in [-0.39, 0.29) is 24.4 Å². The average molecular weight is 390 g/mol. The summed E-state index contributed by atoms with van der Waals surface area (Å²) in [5.74, 6) is -0.194. The zero-order valence-corrected chi connectivity index (χ0v) is 15.6. The number of carbonyl (C=O) groups excluding carboxylic acids is 2. The molecule has 0 spiro atoms. The van der Waals surface area contributed by atoms with Crippen molar-refractivity contribution in [2.45, 2.75) is 12.5 Å². The number of urea groups is 1. The lowest BCUT2D eigenvalue weighted by Gasteiger charge is -2.33. The summed E-state index contributed by atoms with van der Waals surface area (Å²) in [4.78, 5) is 27.4. The van der Waals surface area contributed by atoms with Crippen molar-refractivity contribution in [2.75, 3.05) is 25.0 Å². The largest absolute Gasteiger partial charge is 0.329 e. The first kappa shape index (κ1) is 17.3. The molecule has 0 aromatic heterocycles. The van der Waals surface area contributed by atoms with Crippen LogP contribution >= 0.6 is 23.2 Å². The van der Waals surface area contributed by atoms with E-state index in [9.17, 15) is 9.59 Å². The number of imide groups is 1. The highest BCUT2D eigenvalue weighted by Gasteiger charge is 2.31. The van der Waals surface area contributed by atoms with Gasteiger partial charge in [-0.3, -0.25) is 4.79 Å². The minimum absolute atomic E-state index is 0.0310. The molecule has 2 aliphatic rings. The van der Waals surface area contributed by atoms with Gasteiger partial charge in [0.1, 0.15) is 0 Å². The summed E-state index contributed by atoms with van der Waals surface area (Å²) in [7, 11) is 2.04. The quantitative estimate of drug-likeness (QED) is 0.797. The molecule has 1 fully saturated rings. The molecular weight excluding hydrogens is 373 g/mol. The van der Waals surface area contributed by atoms with E-state index in [1.807, 2.05) is 31.3 Å². The Bertz CT molecular complexity index is 900. The van der Waals surface area contributed by atoms with Gasteiger partial charge in [-0.2, -0.15) is 0 Å². The van der Waals surface area contributed by atoms with Crippen molar-refractivity contribution in [1.82, 2.24) is 10.2 Å². The van der Waals surface area contributed by atoms with Crippen LogP contribution in [0.2, 0.25) is 10.0 Å². The van der Waals surface area contributed by atoms with Crippen LogP contribution in [0.4, 0.5) is 10.5 Å². The van der Waals surface area contributed by atoms with Crippen LogP contribution in [0.15, 0.2) is 36.4 Å². The molecule has 0 aliphatic carbocycles. The normalized spacial score (nSPS) is 20.3. The van der Waals surface area contributed by atoms with Crippen molar-refractivity contribution in [2.24, 2.45) is 0 Å². The number of fused-ring (bicyclic) bond motifs is 1. The second kappa shape index (κ2) is 6.58. The van der Waals surface area contributed by atoms with Crippen molar-refractivity contribution in [3.8, 4) is 0 Å². The van der Waals surface area contributed by atoms with Gasteiger partial charge in [-0.15, -0.1) is 0 Å². The maximum absolute atomic E-state index is 12.0. The Hall–Kier alpha value is -2.08. The predicted molar refractivity (Wildman–Crippen MR) is 102 cm³/mol. The number of carbonyl (C=O) groups is 2. The summed E-state index contributed by atoms with van der Waals surface area (Å²) < 4.78 is 0. The van der Waals surface area contributed by atoms with E-state index in [0.717, 1.165) is 29.8 Å². The first-order valence-corrected chi connectivity index (χ1v) is 9.06. The zero-order valence-electron chi connectivity index (χ0n) is 14.1. The van der Waals surface area contributed by atoms with Gasteiger partial charge in [-0.05, 0) is 48.0 Å². The molecule has 7 heteroatoms. The maximum Gasteiger partial charge on any atom is 0.329 e. The van der Waals surface area contributed by atoms with E-state index in [4.69, 9.17) is 23.2 Å². The Kier molecular flexibility index (Phi) is 4.39. The Morgan fingerprint density at radius 3 is 2.69 bits per heavy atom. The molecule has 2 aliphatic heterocycles. The number of nitrogens with one attached hydrogen (secondary N) is 1. The van der Waals surface area contributed by atoms with Gasteiger partial charge in [0, 0.05) is 29.1 Å². The third-order valence-electron chi connectivity index (χ3n) is 4.87.